The fraction of sp³-hybridized carbons (Fsp3) is 0.571. The number of anilines is 2. The maximum absolute atomic E-state index is 11.6. The van der Waals surface area contributed by atoms with Crippen LogP contribution >= 0.6 is 0 Å². The van der Waals surface area contributed by atoms with Crippen molar-refractivity contribution in [2.45, 2.75) is 0 Å². The van der Waals surface area contributed by atoms with E-state index in [9.17, 15) is 4.79 Å². The van der Waals surface area contributed by atoms with Gasteiger partial charge in [0.25, 0.3) is 0 Å². The van der Waals surface area contributed by atoms with Gasteiger partial charge in [0.2, 0.25) is 5.91 Å². The van der Waals surface area contributed by atoms with Gasteiger partial charge in [0.05, 0.1) is 38.3 Å². The Morgan fingerprint density at radius 2 is 2.19 bits per heavy atom. The summed E-state index contributed by atoms with van der Waals surface area (Å²) in [4.78, 5) is 18.1. The smallest absolute Gasteiger partial charge is 0.250 e. The predicted octanol–water partition coefficient (Wildman–Crippen LogP) is 0.520. The van der Waals surface area contributed by atoms with Crippen molar-refractivity contribution in [3.63, 3.8) is 0 Å². The first kappa shape index (κ1) is 15.7. The van der Waals surface area contributed by atoms with Crippen molar-refractivity contribution in [2.24, 2.45) is 0 Å². The molecular weight excluding hydrogens is 274 g/mol. The largest absolute Gasteiger partial charge is 0.382 e. The number of pyridine rings is 1. The van der Waals surface area contributed by atoms with E-state index in [1.807, 2.05) is 12.1 Å². The molecule has 7 nitrogen and oxygen atoms in total. The molecule has 116 valence electrons. The zero-order chi connectivity index (χ0) is 14.9. The highest BCUT2D eigenvalue weighted by molar-refractivity contribution is 5.91. The summed E-state index contributed by atoms with van der Waals surface area (Å²) in [5.41, 5.74) is 0.660. The Labute approximate surface area is 124 Å². The maximum Gasteiger partial charge on any atom is 0.250 e. The molecule has 1 N–H and O–H groups in total. The van der Waals surface area contributed by atoms with Crippen LogP contribution in [0.25, 0.3) is 0 Å². The Hall–Kier alpha value is -1.70. The van der Waals surface area contributed by atoms with Crippen molar-refractivity contribution in [3.05, 3.63) is 18.3 Å². The van der Waals surface area contributed by atoms with Crippen molar-refractivity contribution >= 4 is 17.4 Å². The Morgan fingerprint density at radius 1 is 1.38 bits per heavy atom. The molecular formula is C14H21N3O4. The Kier molecular flexibility index (Phi) is 6.39. The van der Waals surface area contributed by atoms with E-state index >= 15 is 0 Å². The third kappa shape index (κ3) is 5.30. The minimum absolute atomic E-state index is 0.00851. The number of nitrogens with one attached hydrogen (secondary N) is 1. The van der Waals surface area contributed by atoms with Gasteiger partial charge in [-0.15, -0.1) is 0 Å². The lowest BCUT2D eigenvalue weighted by Crippen LogP contribution is -2.36. The van der Waals surface area contributed by atoms with Gasteiger partial charge < -0.3 is 24.4 Å². The van der Waals surface area contributed by atoms with Crippen LogP contribution in [-0.4, -0.2) is 64.1 Å². The van der Waals surface area contributed by atoms with Crippen LogP contribution in [0.15, 0.2) is 18.3 Å². The van der Waals surface area contributed by atoms with Gasteiger partial charge in [0.15, 0.2) is 0 Å². The number of ether oxygens (including phenoxy) is 3. The lowest BCUT2D eigenvalue weighted by atomic mass is 10.3. The molecule has 0 unspecified atom stereocenters. The normalized spacial score (nSPS) is 15.0. The number of aromatic nitrogens is 1. The number of hydrogen-bond acceptors (Lipinski definition) is 6. The number of carbonyl (C=O) groups is 1. The zero-order valence-corrected chi connectivity index (χ0v) is 12.2. The van der Waals surface area contributed by atoms with Crippen molar-refractivity contribution < 1.29 is 19.0 Å². The van der Waals surface area contributed by atoms with Gasteiger partial charge in [0, 0.05) is 20.2 Å². The summed E-state index contributed by atoms with van der Waals surface area (Å²) < 4.78 is 15.3. The number of methoxy groups -OCH3 is 1. The van der Waals surface area contributed by atoms with Gasteiger partial charge in [-0.3, -0.25) is 4.79 Å². The number of hydrogen-bond donors (Lipinski definition) is 1. The fourth-order valence-corrected chi connectivity index (χ4v) is 1.94. The molecule has 1 aromatic rings. The SMILES string of the molecule is COCCOCC(=O)Nc1ccc(N2CCOCC2)nc1. The summed E-state index contributed by atoms with van der Waals surface area (Å²) in [5, 5.41) is 2.74. The van der Waals surface area contributed by atoms with Crippen LogP contribution in [0.5, 0.6) is 0 Å². The van der Waals surface area contributed by atoms with E-state index in [0.29, 0.717) is 18.9 Å². The highest BCUT2D eigenvalue weighted by Crippen LogP contribution is 2.15. The molecule has 0 saturated carbocycles. The zero-order valence-electron chi connectivity index (χ0n) is 12.2. The van der Waals surface area contributed by atoms with E-state index in [1.54, 1.807) is 13.3 Å². The van der Waals surface area contributed by atoms with Crippen molar-refractivity contribution in [1.82, 2.24) is 4.98 Å². The van der Waals surface area contributed by atoms with Crippen LogP contribution in [0.2, 0.25) is 0 Å². The first-order valence-corrected chi connectivity index (χ1v) is 6.95. The van der Waals surface area contributed by atoms with Crippen LogP contribution in [0.1, 0.15) is 0 Å². The molecule has 1 amide bonds. The second-order valence-corrected chi connectivity index (χ2v) is 4.60. The fourth-order valence-electron chi connectivity index (χ4n) is 1.94. The van der Waals surface area contributed by atoms with E-state index in [1.165, 1.54) is 0 Å². The van der Waals surface area contributed by atoms with Crippen molar-refractivity contribution in [1.29, 1.82) is 0 Å². The van der Waals surface area contributed by atoms with Crippen molar-refractivity contribution in [3.8, 4) is 0 Å². The lowest BCUT2D eigenvalue weighted by Gasteiger charge is -2.27. The molecule has 0 aromatic carbocycles. The topological polar surface area (TPSA) is 72.9 Å². The highest BCUT2D eigenvalue weighted by atomic mass is 16.5. The molecule has 1 fully saturated rings. The standard InChI is InChI=1S/C14H21N3O4/c1-19-8-9-21-11-14(18)16-12-2-3-13(15-10-12)17-4-6-20-7-5-17/h2-3,10H,4-9,11H2,1H3,(H,16,18). The number of rotatable bonds is 7. The second kappa shape index (κ2) is 8.56. The Bertz CT molecular complexity index is 432. The van der Waals surface area contributed by atoms with Gasteiger partial charge in [-0.25, -0.2) is 4.98 Å². The van der Waals surface area contributed by atoms with Crippen LogP contribution in [0.4, 0.5) is 11.5 Å². The summed E-state index contributed by atoms with van der Waals surface area (Å²) in [6.07, 6.45) is 1.65. The number of morpholine rings is 1. The average molecular weight is 295 g/mol. The first-order chi connectivity index (χ1) is 10.3. The lowest BCUT2D eigenvalue weighted by molar-refractivity contribution is -0.121. The summed E-state index contributed by atoms with van der Waals surface area (Å²) in [5.74, 6) is 0.694. The third-order valence-corrected chi connectivity index (χ3v) is 3.03. The van der Waals surface area contributed by atoms with E-state index in [-0.39, 0.29) is 12.5 Å². The second-order valence-electron chi connectivity index (χ2n) is 4.60. The molecule has 0 bridgehead atoms. The number of nitrogens with zero attached hydrogens (tertiary/aromatic N) is 2. The molecule has 1 aromatic heterocycles. The average Bonchev–Trinajstić information content (AvgIpc) is 2.53. The highest BCUT2D eigenvalue weighted by Gasteiger charge is 2.12. The molecule has 0 spiro atoms. The molecule has 1 aliphatic heterocycles. The Balaban J connectivity index is 1.77. The summed E-state index contributed by atoms with van der Waals surface area (Å²) in [7, 11) is 1.59. The first-order valence-electron chi connectivity index (χ1n) is 6.95. The maximum atomic E-state index is 11.6. The van der Waals surface area contributed by atoms with Crippen LogP contribution in [-0.2, 0) is 19.0 Å². The molecule has 0 atom stereocenters. The predicted molar refractivity (Wildman–Crippen MR) is 78.6 cm³/mol. The van der Waals surface area contributed by atoms with Gasteiger partial charge in [-0.1, -0.05) is 0 Å². The monoisotopic (exact) mass is 295 g/mol. The van der Waals surface area contributed by atoms with E-state index in [0.717, 1.165) is 32.1 Å². The molecule has 2 heterocycles. The van der Waals surface area contributed by atoms with Gasteiger partial charge in [-0.2, -0.15) is 0 Å². The van der Waals surface area contributed by atoms with Crippen molar-refractivity contribution in [2.75, 3.05) is 63.5 Å². The minimum atomic E-state index is -0.202. The third-order valence-electron chi connectivity index (χ3n) is 3.03. The number of amides is 1. The van der Waals surface area contributed by atoms with E-state index < -0.39 is 0 Å². The minimum Gasteiger partial charge on any atom is -0.382 e. The van der Waals surface area contributed by atoms with E-state index in [2.05, 4.69) is 15.2 Å². The Morgan fingerprint density at radius 3 is 2.86 bits per heavy atom. The van der Waals surface area contributed by atoms with E-state index in [4.69, 9.17) is 14.2 Å². The van der Waals surface area contributed by atoms with Crippen LogP contribution in [0.3, 0.4) is 0 Å². The molecule has 0 aliphatic carbocycles. The quantitative estimate of drug-likeness (QED) is 0.739. The molecule has 2 rings (SSSR count). The summed E-state index contributed by atoms with van der Waals surface area (Å²) in [6, 6.07) is 3.73. The van der Waals surface area contributed by atoms with Gasteiger partial charge >= 0.3 is 0 Å². The molecule has 0 radical (unpaired) electrons. The summed E-state index contributed by atoms with van der Waals surface area (Å²) >= 11 is 0. The van der Waals surface area contributed by atoms with Gasteiger partial charge in [-0.05, 0) is 12.1 Å². The molecule has 21 heavy (non-hydrogen) atoms. The molecule has 1 saturated heterocycles. The number of carbonyl (C=O) groups excluding carboxylic acids is 1. The molecule has 7 heteroatoms. The molecule has 1 aliphatic rings. The van der Waals surface area contributed by atoms with Gasteiger partial charge in [0.1, 0.15) is 12.4 Å². The van der Waals surface area contributed by atoms with Crippen LogP contribution in [0, 0.1) is 0 Å². The summed E-state index contributed by atoms with van der Waals surface area (Å²) in [6.45, 7) is 4.01. The van der Waals surface area contributed by atoms with Crippen LogP contribution < -0.4 is 10.2 Å².